The maximum atomic E-state index is 11.4. The van der Waals surface area contributed by atoms with Crippen molar-refractivity contribution in [2.45, 2.75) is 19.4 Å². The van der Waals surface area contributed by atoms with Gasteiger partial charge in [0.25, 0.3) is 0 Å². The molecule has 1 unspecified atom stereocenters. The van der Waals surface area contributed by atoms with E-state index in [1.165, 1.54) is 0 Å². The van der Waals surface area contributed by atoms with Crippen LogP contribution in [0.4, 0.5) is 11.4 Å². The first-order valence-electron chi connectivity index (χ1n) is 5.74. The number of halogens is 1. The first-order valence-corrected chi connectivity index (χ1v) is 6.53. The van der Waals surface area contributed by atoms with Crippen molar-refractivity contribution in [1.82, 2.24) is 0 Å². The zero-order valence-corrected chi connectivity index (χ0v) is 11.6. The molecule has 0 aromatic heterocycles. The van der Waals surface area contributed by atoms with Gasteiger partial charge in [-0.25, -0.2) is 0 Å². The fourth-order valence-corrected chi connectivity index (χ4v) is 2.29. The average molecular weight is 315 g/mol. The summed E-state index contributed by atoms with van der Waals surface area (Å²) in [6.07, 6.45) is 0.267. The van der Waals surface area contributed by atoms with Crippen LogP contribution in [0.5, 0.6) is 5.75 Å². The van der Waals surface area contributed by atoms with Crippen LogP contribution >= 0.6 is 15.9 Å². The van der Waals surface area contributed by atoms with Crippen molar-refractivity contribution in [2.75, 3.05) is 24.3 Å². The highest BCUT2D eigenvalue weighted by Crippen LogP contribution is 2.37. The zero-order valence-electron chi connectivity index (χ0n) is 10.0. The minimum Gasteiger partial charge on any atom is -0.489 e. The van der Waals surface area contributed by atoms with E-state index < -0.39 is 0 Å². The Hall–Kier alpha value is -1.43. The van der Waals surface area contributed by atoms with Crippen LogP contribution in [0.2, 0.25) is 0 Å². The number of carbonyl (C=O) groups is 1. The molecule has 0 saturated carbocycles. The summed E-state index contributed by atoms with van der Waals surface area (Å²) in [5, 5.41) is 3.21. The van der Waals surface area contributed by atoms with E-state index >= 15 is 0 Å². The van der Waals surface area contributed by atoms with Gasteiger partial charge >= 0.3 is 5.97 Å². The standard InChI is InChI=1S/C12H15BrN2O3/c1-2-17-11(16)5-8-6-18-10-4-7(13)3-9(14)12(10)15-8/h3-4,8,15H,2,5-6,14H2,1H3. The van der Waals surface area contributed by atoms with Crippen molar-refractivity contribution >= 4 is 33.3 Å². The van der Waals surface area contributed by atoms with Crippen LogP contribution < -0.4 is 15.8 Å². The number of nitrogen functional groups attached to an aromatic ring is 1. The molecule has 0 spiro atoms. The molecule has 1 aromatic rings. The molecule has 2 rings (SSSR count). The van der Waals surface area contributed by atoms with E-state index in [1.807, 2.05) is 6.07 Å². The molecule has 0 bridgehead atoms. The molecule has 0 fully saturated rings. The largest absolute Gasteiger partial charge is 0.489 e. The molecule has 5 nitrogen and oxygen atoms in total. The zero-order chi connectivity index (χ0) is 13.1. The molecule has 1 aromatic carbocycles. The molecule has 3 N–H and O–H groups in total. The summed E-state index contributed by atoms with van der Waals surface area (Å²) in [4.78, 5) is 11.4. The third kappa shape index (κ3) is 2.87. The Balaban J connectivity index is 2.08. The molecule has 0 aliphatic carbocycles. The molecule has 0 saturated heterocycles. The lowest BCUT2D eigenvalue weighted by Gasteiger charge is -2.28. The summed E-state index contributed by atoms with van der Waals surface area (Å²) in [5.41, 5.74) is 7.23. The molecular weight excluding hydrogens is 300 g/mol. The molecule has 18 heavy (non-hydrogen) atoms. The Labute approximate surface area is 114 Å². The number of esters is 1. The topological polar surface area (TPSA) is 73.6 Å². The van der Waals surface area contributed by atoms with Gasteiger partial charge in [0.2, 0.25) is 0 Å². The molecule has 98 valence electrons. The number of ether oxygens (including phenoxy) is 2. The summed E-state index contributed by atoms with van der Waals surface area (Å²) in [6, 6.07) is 3.53. The number of carbonyl (C=O) groups excluding carboxylic acids is 1. The summed E-state index contributed by atoms with van der Waals surface area (Å²) in [6.45, 7) is 2.59. The highest BCUT2D eigenvalue weighted by Gasteiger charge is 2.23. The Kier molecular flexibility index (Phi) is 3.96. The number of nitrogens with two attached hydrogens (primary N) is 1. The minimum atomic E-state index is -0.238. The van der Waals surface area contributed by atoms with Crippen molar-refractivity contribution in [2.24, 2.45) is 0 Å². The molecule has 1 aliphatic rings. The van der Waals surface area contributed by atoms with Gasteiger partial charge in [0.05, 0.1) is 24.8 Å². The van der Waals surface area contributed by atoms with Gasteiger partial charge in [-0.3, -0.25) is 4.79 Å². The fourth-order valence-electron chi connectivity index (χ4n) is 1.84. The molecule has 0 radical (unpaired) electrons. The second kappa shape index (κ2) is 5.48. The number of rotatable bonds is 3. The van der Waals surface area contributed by atoms with Gasteiger partial charge in [-0.2, -0.15) is 0 Å². The minimum absolute atomic E-state index is 0.111. The molecule has 6 heteroatoms. The Morgan fingerprint density at radius 2 is 2.44 bits per heavy atom. The van der Waals surface area contributed by atoms with Crippen LogP contribution in [0, 0.1) is 0 Å². The van der Waals surface area contributed by atoms with E-state index in [0.29, 0.717) is 24.7 Å². The summed E-state index contributed by atoms with van der Waals surface area (Å²) in [7, 11) is 0. The number of fused-ring (bicyclic) bond motifs is 1. The highest BCUT2D eigenvalue weighted by atomic mass is 79.9. The summed E-state index contributed by atoms with van der Waals surface area (Å²) in [5.74, 6) is 0.458. The number of nitrogens with one attached hydrogen (secondary N) is 1. The van der Waals surface area contributed by atoms with Crippen LogP contribution in [-0.4, -0.2) is 25.2 Å². The van der Waals surface area contributed by atoms with Gasteiger partial charge in [0.15, 0.2) is 0 Å². The maximum absolute atomic E-state index is 11.4. The SMILES string of the molecule is CCOC(=O)CC1COc2cc(Br)cc(N)c2N1. The van der Waals surface area contributed by atoms with Crippen LogP contribution in [0.3, 0.4) is 0 Å². The Bertz CT molecular complexity index is 465. The van der Waals surface area contributed by atoms with Gasteiger partial charge in [0.1, 0.15) is 18.0 Å². The van der Waals surface area contributed by atoms with E-state index in [4.69, 9.17) is 15.2 Å². The van der Waals surface area contributed by atoms with Gasteiger partial charge in [-0.1, -0.05) is 15.9 Å². The van der Waals surface area contributed by atoms with Gasteiger partial charge in [0, 0.05) is 4.47 Å². The summed E-state index contributed by atoms with van der Waals surface area (Å²) >= 11 is 3.36. The van der Waals surface area contributed by atoms with Crippen molar-refractivity contribution in [1.29, 1.82) is 0 Å². The van der Waals surface area contributed by atoms with Gasteiger partial charge < -0.3 is 20.5 Å². The maximum Gasteiger partial charge on any atom is 0.307 e. The second-order valence-electron chi connectivity index (χ2n) is 4.03. The average Bonchev–Trinajstić information content (AvgIpc) is 2.30. The molecule has 1 aliphatic heterocycles. The first kappa shape index (κ1) is 13.0. The number of hydrogen-bond donors (Lipinski definition) is 2. The smallest absolute Gasteiger partial charge is 0.307 e. The fraction of sp³-hybridized carbons (Fsp3) is 0.417. The molecular formula is C12H15BrN2O3. The van der Waals surface area contributed by atoms with E-state index in [0.717, 1.165) is 10.2 Å². The lowest BCUT2D eigenvalue weighted by atomic mass is 10.1. The normalized spacial score (nSPS) is 17.3. The van der Waals surface area contributed by atoms with Crippen molar-refractivity contribution in [3.05, 3.63) is 16.6 Å². The first-order chi connectivity index (χ1) is 8.60. The van der Waals surface area contributed by atoms with E-state index in [9.17, 15) is 4.79 Å². The quantitative estimate of drug-likeness (QED) is 0.660. The third-order valence-corrected chi connectivity index (χ3v) is 3.06. The Morgan fingerprint density at radius 1 is 1.67 bits per heavy atom. The highest BCUT2D eigenvalue weighted by molar-refractivity contribution is 9.10. The van der Waals surface area contributed by atoms with E-state index in [-0.39, 0.29) is 18.4 Å². The molecule has 1 atom stereocenters. The number of anilines is 2. The number of benzene rings is 1. The van der Waals surface area contributed by atoms with Crippen molar-refractivity contribution < 1.29 is 14.3 Å². The van der Waals surface area contributed by atoms with Gasteiger partial charge in [-0.15, -0.1) is 0 Å². The Morgan fingerprint density at radius 3 is 3.17 bits per heavy atom. The number of hydrogen-bond acceptors (Lipinski definition) is 5. The van der Waals surface area contributed by atoms with E-state index in [2.05, 4.69) is 21.2 Å². The van der Waals surface area contributed by atoms with Crippen molar-refractivity contribution in [3.63, 3.8) is 0 Å². The van der Waals surface area contributed by atoms with Crippen LogP contribution in [-0.2, 0) is 9.53 Å². The second-order valence-corrected chi connectivity index (χ2v) is 4.95. The van der Waals surface area contributed by atoms with Crippen LogP contribution in [0.1, 0.15) is 13.3 Å². The third-order valence-electron chi connectivity index (χ3n) is 2.60. The van der Waals surface area contributed by atoms with Gasteiger partial charge in [-0.05, 0) is 19.1 Å². The lowest BCUT2D eigenvalue weighted by molar-refractivity contribution is -0.143. The van der Waals surface area contributed by atoms with Crippen molar-refractivity contribution in [3.8, 4) is 5.75 Å². The predicted molar refractivity (Wildman–Crippen MR) is 72.7 cm³/mol. The monoisotopic (exact) mass is 314 g/mol. The van der Waals surface area contributed by atoms with Crippen LogP contribution in [0.15, 0.2) is 16.6 Å². The van der Waals surface area contributed by atoms with Crippen LogP contribution in [0.25, 0.3) is 0 Å². The predicted octanol–water partition coefficient (Wildman–Crippen LogP) is 2.16. The lowest BCUT2D eigenvalue weighted by Crippen LogP contribution is -2.34. The summed E-state index contributed by atoms with van der Waals surface area (Å²) < 4.78 is 11.4. The van der Waals surface area contributed by atoms with E-state index in [1.54, 1.807) is 13.0 Å². The molecule has 1 heterocycles. The molecule has 0 amide bonds.